The van der Waals surface area contributed by atoms with E-state index >= 15 is 0 Å². The summed E-state index contributed by atoms with van der Waals surface area (Å²) in [6.45, 7) is 6.83. The smallest absolute Gasteiger partial charge is 0.338 e. The number of rotatable bonds is 3. The molecular formula is C22H22O2. The molecule has 0 saturated heterocycles. The Morgan fingerprint density at radius 1 is 0.875 bits per heavy atom. The van der Waals surface area contributed by atoms with Crippen molar-refractivity contribution in [2.24, 2.45) is 0 Å². The number of hydrogen-bond donors (Lipinski definition) is 0. The van der Waals surface area contributed by atoms with E-state index in [4.69, 9.17) is 4.74 Å². The summed E-state index contributed by atoms with van der Waals surface area (Å²) in [5.41, 5.74) is 2.98. The zero-order valence-electron chi connectivity index (χ0n) is 14.4. The van der Waals surface area contributed by atoms with Crippen molar-refractivity contribution in [2.75, 3.05) is 0 Å². The Kier molecular flexibility index (Phi) is 4.39. The van der Waals surface area contributed by atoms with Gasteiger partial charge in [0, 0.05) is 0 Å². The largest absolute Gasteiger partial charge is 0.457 e. The van der Waals surface area contributed by atoms with Crippen LogP contribution < -0.4 is 0 Å². The van der Waals surface area contributed by atoms with Crippen molar-refractivity contribution in [1.82, 2.24) is 0 Å². The average molecular weight is 318 g/mol. The first kappa shape index (κ1) is 16.3. The minimum absolute atomic E-state index is 0.125. The van der Waals surface area contributed by atoms with Crippen LogP contribution in [0.4, 0.5) is 0 Å². The summed E-state index contributed by atoms with van der Waals surface area (Å²) < 4.78 is 5.45. The Morgan fingerprint density at radius 3 is 2.21 bits per heavy atom. The van der Waals surface area contributed by atoms with Crippen molar-refractivity contribution in [2.45, 2.75) is 32.8 Å². The maximum absolute atomic E-state index is 12.3. The van der Waals surface area contributed by atoms with Gasteiger partial charge in [-0.3, -0.25) is 0 Å². The fourth-order valence-corrected chi connectivity index (χ4v) is 2.65. The van der Waals surface area contributed by atoms with Crippen LogP contribution in [0.5, 0.6) is 0 Å². The normalized spacial score (nSPS) is 11.5. The van der Waals surface area contributed by atoms with Gasteiger partial charge in [0.15, 0.2) is 0 Å². The summed E-state index contributed by atoms with van der Waals surface area (Å²) in [5, 5.41) is 2.16. The van der Waals surface area contributed by atoms with Crippen LogP contribution in [0.1, 0.15) is 42.3 Å². The number of fused-ring (bicyclic) bond motifs is 1. The molecule has 0 bridgehead atoms. The SMILES string of the molecule is CC(C)(C)c1ccc(COC(=O)c2ccc3ccccc3c2)cc1. The van der Waals surface area contributed by atoms with Gasteiger partial charge in [-0.2, -0.15) is 0 Å². The zero-order chi connectivity index (χ0) is 17.2. The Labute approximate surface area is 143 Å². The van der Waals surface area contributed by atoms with E-state index in [1.54, 1.807) is 0 Å². The van der Waals surface area contributed by atoms with E-state index in [0.717, 1.165) is 16.3 Å². The molecule has 0 spiro atoms. The van der Waals surface area contributed by atoms with Gasteiger partial charge in [-0.15, -0.1) is 0 Å². The van der Waals surface area contributed by atoms with E-state index in [1.807, 2.05) is 54.6 Å². The lowest BCUT2D eigenvalue weighted by Crippen LogP contribution is -2.11. The van der Waals surface area contributed by atoms with Gasteiger partial charge in [-0.05, 0) is 39.4 Å². The van der Waals surface area contributed by atoms with Gasteiger partial charge in [0.1, 0.15) is 6.61 Å². The summed E-state index contributed by atoms with van der Waals surface area (Å²) in [5.74, 6) is -0.291. The molecule has 0 radical (unpaired) electrons. The highest BCUT2D eigenvalue weighted by atomic mass is 16.5. The van der Waals surface area contributed by atoms with E-state index < -0.39 is 0 Å². The highest BCUT2D eigenvalue weighted by Gasteiger charge is 2.13. The van der Waals surface area contributed by atoms with Crippen molar-refractivity contribution in [3.05, 3.63) is 83.4 Å². The molecular weight excluding hydrogens is 296 g/mol. The third-order valence-electron chi connectivity index (χ3n) is 4.18. The van der Waals surface area contributed by atoms with Crippen LogP contribution in [0.2, 0.25) is 0 Å². The van der Waals surface area contributed by atoms with Crippen LogP contribution in [-0.2, 0) is 16.8 Å². The highest BCUT2D eigenvalue weighted by Crippen LogP contribution is 2.22. The van der Waals surface area contributed by atoms with Gasteiger partial charge in [-0.1, -0.05) is 75.4 Å². The minimum Gasteiger partial charge on any atom is -0.457 e. The molecule has 0 unspecified atom stereocenters. The number of hydrogen-bond acceptors (Lipinski definition) is 2. The van der Waals surface area contributed by atoms with Crippen molar-refractivity contribution in [1.29, 1.82) is 0 Å². The Hall–Kier alpha value is -2.61. The molecule has 0 saturated carbocycles. The molecule has 0 aliphatic carbocycles. The first-order valence-corrected chi connectivity index (χ1v) is 8.19. The number of esters is 1. The fourth-order valence-electron chi connectivity index (χ4n) is 2.65. The van der Waals surface area contributed by atoms with E-state index in [0.29, 0.717) is 5.56 Å². The fraction of sp³-hybridized carbons (Fsp3) is 0.227. The second-order valence-corrected chi connectivity index (χ2v) is 7.08. The monoisotopic (exact) mass is 318 g/mol. The molecule has 2 nitrogen and oxygen atoms in total. The van der Waals surface area contributed by atoms with E-state index in [-0.39, 0.29) is 18.0 Å². The van der Waals surface area contributed by atoms with Crippen LogP contribution >= 0.6 is 0 Å². The lowest BCUT2D eigenvalue weighted by atomic mass is 9.87. The number of carbonyl (C=O) groups excluding carboxylic acids is 1. The van der Waals surface area contributed by atoms with Gasteiger partial charge in [-0.25, -0.2) is 4.79 Å². The lowest BCUT2D eigenvalue weighted by Gasteiger charge is -2.19. The maximum Gasteiger partial charge on any atom is 0.338 e. The molecule has 3 aromatic rings. The van der Waals surface area contributed by atoms with Crippen molar-refractivity contribution >= 4 is 16.7 Å². The quantitative estimate of drug-likeness (QED) is 0.596. The summed E-state index contributed by atoms with van der Waals surface area (Å²) >= 11 is 0. The Balaban J connectivity index is 1.68. The van der Waals surface area contributed by atoms with Gasteiger partial charge in [0.05, 0.1) is 5.56 Å². The van der Waals surface area contributed by atoms with Crippen LogP contribution in [0.25, 0.3) is 10.8 Å². The lowest BCUT2D eigenvalue weighted by molar-refractivity contribution is 0.0473. The molecule has 122 valence electrons. The molecule has 0 atom stereocenters. The predicted octanol–water partition coefficient (Wildman–Crippen LogP) is 5.49. The van der Waals surface area contributed by atoms with Crippen LogP contribution in [-0.4, -0.2) is 5.97 Å². The minimum atomic E-state index is -0.291. The topological polar surface area (TPSA) is 26.3 Å². The maximum atomic E-state index is 12.3. The summed E-state index contributed by atoms with van der Waals surface area (Å²) in [4.78, 5) is 12.3. The molecule has 24 heavy (non-hydrogen) atoms. The third-order valence-corrected chi connectivity index (χ3v) is 4.18. The van der Waals surface area contributed by atoms with Crippen molar-refractivity contribution in [3.63, 3.8) is 0 Å². The molecule has 0 heterocycles. The first-order valence-electron chi connectivity index (χ1n) is 8.19. The molecule has 2 heteroatoms. The van der Waals surface area contributed by atoms with E-state index in [1.165, 1.54) is 5.56 Å². The molecule has 0 fully saturated rings. The summed E-state index contributed by atoms with van der Waals surface area (Å²) in [7, 11) is 0. The number of ether oxygens (including phenoxy) is 1. The van der Waals surface area contributed by atoms with Gasteiger partial charge < -0.3 is 4.74 Å². The summed E-state index contributed by atoms with van der Waals surface area (Å²) in [6.07, 6.45) is 0. The number of carbonyl (C=O) groups is 1. The summed E-state index contributed by atoms with van der Waals surface area (Å²) in [6, 6.07) is 21.9. The Morgan fingerprint density at radius 2 is 1.54 bits per heavy atom. The Bertz CT molecular complexity index is 855. The van der Waals surface area contributed by atoms with Crippen molar-refractivity contribution in [3.8, 4) is 0 Å². The standard InChI is InChI=1S/C22H22O2/c1-22(2,3)20-12-8-16(9-13-20)15-24-21(23)19-11-10-17-6-4-5-7-18(17)14-19/h4-14H,15H2,1-3H3. The average Bonchev–Trinajstić information content (AvgIpc) is 2.59. The van der Waals surface area contributed by atoms with Crippen LogP contribution in [0.3, 0.4) is 0 Å². The van der Waals surface area contributed by atoms with Crippen molar-refractivity contribution < 1.29 is 9.53 Å². The van der Waals surface area contributed by atoms with Crippen LogP contribution in [0.15, 0.2) is 66.7 Å². The molecule has 0 aliphatic heterocycles. The molecule has 3 aromatic carbocycles. The van der Waals surface area contributed by atoms with Gasteiger partial charge in [0.25, 0.3) is 0 Å². The first-order chi connectivity index (χ1) is 11.4. The molecule has 3 rings (SSSR count). The third kappa shape index (κ3) is 3.65. The second kappa shape index (κ2) is 6.48. The van der Waals surface area contributed by atoms with Crippen LogP contribution in [0, 0.1) is 0 Å². The van der Waals surface area contributed by atoms with E-state index in [2.05, 4.69) is 32.9 Å². The molecule has 0 aromatic heterocycles. The second-order valence-electron chi connectivity index (χ2n) is 7.08. The zero-order valence-corrected chi connectivity index (χ0v) is 14.4. The molecule has 0 amide bonds. The number of benzene rings is 3. The molecule has 0 aliphatic rings. The van der Waals surface area contributed by atoms with Gasteiger partial charge >= 0.3 is 5.97 Å². The van der Waals surface area contributed by atoms with E-state index in [9.17, 15) is 4.79 Å². The molecule has 0 N–H and O–H groups in total. The predicted molar refractivity (Wildman–Crippen MR) is 98.2 cm³/mol. The van der Waals surface area contributed by atoms with Gasteiger partial charge in [0.2, 0.25) is 0 Å². The highest BCUT2D eigenvalue weighted by molar-refractivity contribution is 5.95.